The summed E-state index contributed by atoms with van der Waals surface area (Å²) in [4.78, 5) is 25.8. The molecule has 3 aromatic heterocycles. The Morgan fingerprint density at radius 2 is 1.77 bits per heavy atom. The normalized spacial score (nSPS) is 15.1. The molecule has 0 unspecified atom stereocenters. The van der Waals surface area contributed by atoms with Gasteiger partial charge in [0.15, 0.2) is 5.65 Å². The zero-order chi connectivity index (χ0) is 18.4. The van der Waals surface area contributed by atoms with Crippen molar-refractivity contribution in [3.05, 3.63) is 29.5 Å². The number of piperazine rings is 1. The van der Waals surface area contributed by atoms with Crippen LogP contribution >= 0.6 is 0 Å². The largest absolute Gasteiger partial charge is 0.352 e. The lowest BCUT2D eigenvalue weighted by molar-refractivity contribution is 0.0745. The van der Waals surface area contributed by atoms with E-state index in [1.165, 1.54) is 0 Å². The molecule has 4 heterocycles. The molecule has 136 valence electrons. The highest BCUT2D eigenvalue weighted by Crippen LogP contribution is 2.24. The summed E-state index contributed by atoms with van der Waals surface area (Å²) in [5, 5.41) is 9.57. The molecule has 1 amide bonds. The average molecular weight is 354 g/mol. The van der Waals surface area contributed by atoms with E-state index < -0.39 is 0 Å². The van der Waals surface area contributed by atoms with Gasteiger partial charge in [0.05, 0.1) is 22.8 Å². The summed E-state index contributed by atoms with van der Waals surface area (Å²) in [6.07, 6.45) is 3.36. The van der Waals surface area contributed by atoms with Crippen molar-refractivity contribution < 1.29 is 4.79 Å². The number of carbonyl (C=O) groups is 1. The number of amides is 1. The molecule has 3 aromatic rings. The van der Waals surface area contributed by atoms with Crippen LogP contribution in [0.1, 0.15) is 21.7 Å². The highest BCUT2D eigenvalue weighted by Gasteiger charge is 2.27. The number of rotatable bonds is 2. The molecule has 0 aliphatic carbocycles. The van der Waals surface area contributed by atoms with Crippen LogP contribution in [0.4, 0.5) is 5.82 Å². The predicted octanol–water partition coefficient (Wildman–Crippen LogP) is 0.676. The molecule has 0 spiro atoms. The van der Waals surface area contributed by atoms with Gasteiger partial charge in [-0.3, -0.25) is 14.2 Å². The van der Waals surface area contributed by atoms with E-state index in [9.17, 15) is 4.79 Å². The first kappa shape index (κ1) is 16.5. The molecule has 0 radical (unpaired) electrons. The van der Waals surface area contributed by atoms with Gasteiger partial charge in [0.25, 0.3) is 5.91 Å². The van der Waals surface area contributed by atoms with Crippen molar-refractivity contribution in [2.75, 3.05) is 31.1 Å². The van der Waals surface area contributed by atoms with Crippen molar-refractivity contribution in [1.82, 2.24) is 34.4 Å². The van der Waals surface area contributed by atoms with Crippen LogP contribution in [0.15, 0.2) is 12.5 Å². The zero-order valence-corrected chi connectivity index (χ0v) is 15.5. The third-order valence-electron chi connectivity index (χ3n) is 5.10. The Labute approximate surface area is 151 Å². The van der Waals surface area contributed by atoms with Gasteiger partial charge in [0.2, 0.25) is 0 Å². The predicted molar refractivity (Wildman–Crippen MR) is 97.1 cm³/mol. The molecule has 1 fully saturated rings. The fraction of sp³-hybridized carbons (Fsp3) is 0.471. The zero-order valence-electron chi connectivity index (χ0n) is 15.5. The summed E-state index contributed by atoms with van der Waals surface area (Å²) in [6.45, 7) is 6.58. The van der Waals surface area contributed by atoms with Crippen LogP contribution in [0.2, 0.25) is 0 Å². The molecule has 0 atom stereocenters. The molecule has 0 saturated carbocycles. The number of aromatic nitrogens is 6. The molecule has 9 heteroatoms. The van der Waals surface area contributed by atoms with Gasteiger partial charge in [-0.15, -0.1) is 0 Å². The van der Waals surface area contributed by atoms with E-state index in [0.717, 1.165) is 46.9 Å². The molecule has 0 N–H and O–H groups in total. The number of nitrogens with zero attached hydrogens (tertiary/aromatic N) is 8. The number of anilines is 1. The van der Waals surface area contributed by atoms with Crippen molar-refractivity contribution in [3.63, 3.8) is 0 Å². The van der Waals surface area contributed by atoms with Gasteiger partial charge in [-0.1, -0.05) is 0 Å². The molecule has 1 aliphatic heterocycles. The van der Waals surface area contributed by atoms with Gasteiger partial charge in [-0.05, 0) is 13.8 Å². The summed E-state index contributed by atoms with van der Waals surface area (Å²) in [5.74, 6) is 0.936. The van der Waals surface area contributed by atoms with Crippen LogP contribution in [0.5, 0.6) is 0 Å². The van der Waals surface area contributed by atoms with Gasteiger partial charge in [-0.25, -0.2) is 9.97 Å². The first-order valence-corrected chi connectivity index (χ1v) is 8.64. The Morgan fingerprint density at radius 3 is 2.42 bits per heavy atom. The molecule has 1 aliphatic rings. The second-order valence-electron chi connectivity index (χ2n) is 6.65. The molecular weight excluding hydrogens is 332 g/mol. The van der Waals surface area contributed by atoms with Gasteiger partial charge >= 0.3 is 0 Å². The second kappa shape index (κ2) is 6.08. The number of carbonyl (C=O) groups excluding carboxylic acids is 1. The van der Waals surface area contributed by atoms with Gasteiger partial charge in [0.1, 0.15) is 12.1 Å². The fourth-order valence-corrected chi connectivity index (χ4v) is 3.56. The van der Waals surface area contributed by atoms with Crippen molar-refractivity contribution in [3.8, 4) is 0 Å². The lowest BCUT2D eigenvalue weighted by Gasteiger charge is -2.35. The van der Waals surface area contributed by atoms with Crippen molar-refractivity contribution >= 4 is 22.8 Å². The van der Waals surface area contributed by atoms with E-state index in [1.807, 2.05) is 32.8 Å². The number of aryl methyl sites for hydroxylation is 3. The topological polar surface area (TPSA) is 85.0 Å². The average Bonchev–Trinajstić information content (AvgIpc) is 3.14. The van der Waals surface area contributed by atoms with Gasteiger partial charge in [0, 0.05) is 46.0 Å². The third-order valence-corrected chi connectivity index (χ3v) is 5.10. The van der Waals surface area contributed by atoms with E-state index in [2.05, 4.69) is 25.1 Å². The van der Waals surface area contributed by atoms with Crippen molar-refractivity contribution in [1.29, 1.82) is 0 Å². The van der Waals surface area contributed by atoms with Crippen LogP contribution in [0.25, 0.3) is 11.0 Å². The van der Waals surface area contributed by atoms with Gasteiger partial charge < -0.3 is 9.80 Å². The summed E-state index contributed by atoms with van der Waals surface area (Å²) in [6, 6.07) is 0. The van der Waals surface area contributed by atoms with Crippen molar-refractivity contribution in [2.24, 2.45) is 14.1 Å². The van der Waals surface area contributed by atoms with Crippen LogP contribution in [-0.4, -0.2) is 66.5 Å². The molecule has 4 rings (SSSR count). The summed E-state index contributed by atoms with van der Waals surface area (Å²) in [7, 11) is 3.74. The van der Waals surface area contributed by atoms with E-state index in [4.69, 9.17) is 0 Å². The lowest BCUT2D eigenvalue weighted by atomic mass is 10.1. The van der Waals surface area contributed by atoms with E-state index >= 15 is 0 Å². The van der Waals surface area contributed by atoms with E-state index in [1.54, 1.807) is 21.9 Å². The Balaban J connectivity index is 1.53. The SMILES string of the molecule is Cc1nn(C)c(C)c1C(=O)N1CCN(c2ncnc3c2cnn3C)CC1. The minimum atomic E-state index is 0.0574. The molecule has 9 nitrogen and oxygen atoms in total. The van der Waals surface area contributed by atoms with Crippen molar-refractivity contribution in [2.45, 2.75) is 13.8 Å². The van der Waals surface area contributed by atoms with Gasteiger partial charge in [-0.2, -0.15) is 10.2 Å². The quantitative estimate of drug-likeness (QED) is 0.673. The van der Waals surface area contributed by atoms with E-state index in [-0.39, 0.29) is 5.91 Å². The standard InChI is InChI=1S/C17H22N8O/c1-11-14(12(2)22(3)21-11)17(26)25-7-5-24(6-8-25)16-13-9-20-23(4)15(13)18-10-19-16/h9-10H,5-8H2,1-4H3. The molecule has 0 aromatic carbocycles. The summed E-state index contributed by atoms with van der Waals surface area (Å²) < 4.78 is 3.51. The number of fused-ring (bicyclic) bond motifs is 1. The third kappa shape index (κ3) is 2.51. The molecule has 0 bridgehead atoms. The maximum atomic E-state index is 12.9. The minimum absolute atomic E-state index is 0.0574. The first-order valence-electron chi connectivity index (χ1n) is 8.64. The fourth-order valence-electron chi connectivity index (χ4n) is 3.56. The van der Waals surface area contributed by atoms with Crippen LogP contribution in [0, 0.1) is 13.8 Å². The smallest absolute Gasteiger partial charge is 0.257 e. The Kier molecular flexibility index (Phi) is 3.86. The lowest BCUT2D eigenvalue weighted by Crippen LogP contribution is -2.49. The van der Waals surface area contributed by atoms with Crippen LogP contribution in [0.3, 0.4) is 0 Å². The minimum Gasteiger partial charge on any atom is -0.352 e. The number of hydrogen-bond donors (Lipinski definition) is 0. The second-order valence-corrected chi connectivity index (χ2v) is 6.65. The highest BCUT2D eigenvalue weighted by atomic mass is 16.2. The van der Waals surface area contributed by atoms with Crippen LogP contribution < -0.4 is 4.90 Å². The van der Waals surface area contributed by atoms with Crippen LogP contribution in [-0.2, 0) is 14.1 Å². The highest BCUT2D eigenvalue weighted by molar-refractivity contribution is 5.96. The number of hydrogen-bond acceptors (Lipinski definition) is 6. The maximum Gasteiger partial charge on any atom is 0.257 e. The summed E-state index contributed by atoms with van der Waals surface area (Å²) >= 11 is 0. The Bertz CT molecular complexity index is 980. The molecule has 26 heavy (non-hydrogen) atoms. The van der Waals surface area contributed by atoms with E-state index in [0.29, 0.717) is 13.1 Å². The molecular formula is C17H22N8O. The monoisotopic (exact) mass is 354 g/mol. The first-order chi connectivity index (χ1) is 12.5. The Hall–Kier alpha value is -2.97. The Morgan fingerprint density at radius 1 is 1.04 bits per heavy atom. The maximum absolute atomic E-state index is 12.9. The summed E-state index contributed by atoms with van der Waals surface area (Å²) in [5.41, 5.74) is 3.22. The molecule has 1 saturated heterocycles.